The predicted octanol–water partition coefficient (Wildman–Crippen LogP) is 3.11. The fourth-order valence-corrected chi connectivity index (χ4v) is 3.16. The van der Waals surface area contributed by atoms with Crippen molar-refractivity contribution in [3.05, 3.63) is 17.9 Å². The number of hydrogen-bond acceptors (Lipinski definition) is 6. The Hall–Kier alpha value is -1.73. The van der Waals surface area contributed by atoms with Crippen LogP contribution in [0.3, 0.4) is 0 Å². The summed E-state index contributed by atoms with van der Waals surface area (Å²) in [7, 11) is 0. The third-order valence-electron chi connectivity index (χ3n) is 4.00. The second-order valence-electron chi connectivity index (χ2n) is 5.56. The molecule has 2 aromatic heterocycles. The number of hydrogen-bond donors (Lipinski definition) is 1. The van der Waals surface area contributed by atoms with Crippen LogP contribution in [-0.2, 0) is 9.53 Å². The lowest BCUT2D eigenvalue weighted by Gasteiger charge is -2.26. The molecule has 2 aromatic rings. The van der Waals surface area contributed by atoms with Gasteiger partial charge >= 0.3 is 0 Å². The molecule has 0 aliphatic carbocycles. The van der Waals surface area contributed by atoms with Gasteiger partial charge in [-0.05, 0) is 37.8 Å². The topological polar surface area (TPSA) is 77.2 Å². The SMILES string of the molecule is Cc1ccc(-c2nsc(NC(=O)[C@@H](C)C3CCOCC3)n2)o1. The average molecular weight is 321 g/mol. The van der Waals surface area contributed by atoms with Crippen molar-refractivity contribution < 1.29 is 13.9 Å². The number of furan rings is 1. The van der Waals surface area contributed by atoms with Crippen LogP contribution in [0.15, 0.2) is 16.5 Å². The van der Waals surface area contributed by atoms with Crippen LogP contribution in [0.2, 0.25) is 0 Å². The molecule has 1 saturated heterocycles. The first-order valence-corrected chi connectivity index (χ1v) is 8.20. The van der Waals surface area contributed by atoms with E-state index in [0.717, 1.165) is 31.8 Å². The zero-order chi connectivity index (χ0) is 15.5. The molecule has 118 valence electrons. The summed E-state index contributed by atoms with van der Waals surface area (Å²) in [6.07, 6.45) is 1.86. The van der Waals surface area contributed by atoms with Gasteiger partial charge in [-0.15, -0.1) is 0 Å². The van der Waals surface area contributed by atoms with E-state index in [1.807, 2.05) is 26.0 Å². The minimum atomic E-state index is -0.0536. The van der Waals surface area contributed by atoms with Gasteiger partial charge in [0.15, 0.2) is 5.76 Å². The van der Waals surface area contributed by atoms with E-state index in [4.69, 9.17) is 9.15 Å². The van der Waals surface area contributed by atoms with Crippen molar-refractivity contribution in [2.45, 2.75) is 26.7 Å². The summed E-state index contributed by atoms with van der Waals surface area (Å²) in [6.45, 7) is 5.31. The van der Waals surface area contributed by atoms with E-state index in [1.165, 1.54) is 11.5 Å². The first kappa shape index (κ1) is 15.2. The molecule has 0 unspecified atom stereocenters. The van der Waals surface area contributed by atoms with Crippen LogP contribution in [0.1, 0.15) is 25.5 Å². The molecule has 0 aromatic carbocycles. The second kappa shape index (κ2) is 6.58. The van der Waals surface area contributed by atoms with E-state index in [0.29, 0.717) is 22.6 Å². The minimum absolute atomic E-state index is 0.00905. The first-order chi connectivity index (χ1) is 10.6. The number of carbonyl (C=O) groups excluding carboxylic acids is 1. The fourth-order valence-electron chi connectivity index (χ4n) is 2.58. The highest BCUT2D eigenvalue weighted by atomic mass is 32.1. The first-order valence-electron chi connectivity index (χ1n) is 7.42. The molecule has 1 aliphatic heterocycles. The monoisotopic (exact) mass is 321 g/mol. The van der Waals surface area contributed by atoms with Gasteiger partial charge in [0.2, 0.25) is 16.9 Å². The van der Waals surface area contributed by atoms with Gasteiger partial charge in [-0.3, -0.25) is 4.79 Å². The molecule has 0 spiro atoms. The van der Waals surface area contributed by atoms with Crippen LogP contribution < -0.4 is 5.32 Å². The molecule has 1 aliphatic rings. The third kappa shape index (κ3) is 3.36. The maximum atomic E-state index is 12.3. The third-order valence-corrected chi connectivity index (χ3v) is 4.63. The largest absolute Gasteiger partial charge is 0.458 e. The molecule has 1 N–H and O–H groups in total. The van der Waals surface area contributed by atoms with Crippen molar-refractivity contribution >= 4 is 22.6 Å². The average Bonchev–Trinajstić information content (AvgIpc) is 3.16. The number of amides is 1. The number of aromatic nitrogens is 2. The molecule has 1 fully saturated rings. The van der Waals surface area contributed by atoms with Crippen molar-refractivity contribution in [2.75, 3.05) is 18.5 Å². The van der Waals surface area contributed by atoms with Crippen LogP contribution in [-0.4, -0.2) is 28.5 Å². The van der Waals surface area contributed by atoms with Crippen molar-refractivity contribution in [1.82, 2.24) is 9.36 Å². The van der Waals surface area contributed by atoms with Gasteiger partial charge in [0.05, 0.1) is 0 Å². The Morgan fingerprint density at radius 3 is 2.86 bits per heavy atom. The number of nitrogens with one attached hydrogen (secondary N) is 1. The Morgan fingerprint density at radius 1 is 1.41 bits per heavy atom. The van der Waals surface area contributed by atoms with Crippen LogP contribution >= 0.6 is 11.5 Å². The molecule has 3 heterocycles. The smallest absolute Gasteiger partial charge is 0.229 e. The second-order valence-corrected chi connectivity index (χ2v) is 6.31. The van der Waals surface area contributed by atoms with Crippen molar-refractivity contribution in [1.29, 1.82) is 0 Å². The molecule has 3 rings (SSSR count). The number of rotatable bonds is 4. The van der Waals surface area contributed by atoms with Crippen molar-refractivity contribution in [2.24, 2.45) is 11.8 Å². The summed E-state index contributed by atoms with van der Waals surface area (Å²) in [5.74, 6) is 2.24. The van der Waals surface area contributed by atoms with Crippen LogP contribution in [0.25, 0.3) is 11.6 Å². The molecule has 0 radical (unpaired) electrons. The lowest BCUT2D eigenvalue weighted by molar-refractivity contribution is -0.122. The number of nitrogens with zero attached hydrogens (tertiary/aromatic N) is 2. The summed E-state index contributed by atoms with van der Waals surface area (Å²) < 4.78 is 15.1. The number of aryl methyl sites for hydroxylation is 1. The number of carbonyl (C=O) groups is 1. The van der Waals surface area contributed by atoms with Gasteiger partial charge in [0.1, 0.15) is 5.76 Å². The van der Waals surface area contributed by atoms with E-state index >= 15 is 0 Å². The molecule has 1 atom stereocenters. The lowest BCUT2D eigenvalue weighted by atomic mass is 9.87. The quantitative estimate of drug-likeness (QED) is 0.936. The number of ether oxygens (including phenoxy) is 1. The highest BCUT2D eigenvalue weighted by molar-refractivity contribution is 7.10. The van der Waals surface area contributed by atoms with E-state index in [-0.39, 0.29) is 11.8 Å². The highest BCUT2D eigenvalue weighted by Crippen LogP contribution is 2.26. The molecular weight excluding hydrogens is 302 g/mol. The standard InChI is InChI=1S/C15H19N3O3S/c1-9-3-4-12(21-9)13-16-15(22-18-13)17-14(19)10(2)11-5-7-20-8-6-11/h3-4,10-11H,5-8H2,1-2H3,(H,16,17,18,19)/t10-/m0/s1. The normalized spacial score (nSPS) is 17.4. The van der Waals surface area contributed by atoms with Crippen LogP contribution in [0, 0.1) is 18.8 Å². The molecule has 7 heteroatoms. The van der Waals surface area contributed by atoms with E-state index in [1.54, 1.807) is 0 Å². The Labute approximate surface area is 133 Å². The van der Waals surface area contributed by atoms with Gasteiger partial charge in [-0.25, -0.2) is 0 Å². The van der Waals surface area contributed by atoms with Gasteiger partial charge < -0.3 is 14.5 Å². The van der Waals surface area contributed by atoms with Crippen LogP contribution in [0.5, 0.6) is 0 Å². The molecular formula is C15H19N3O3S. The maximum absolute atomic E-state index is 12.3. The number of anilines is 1. The van der Waals surface area contributed by atoms with Crippen molar-refractivity contribution in [3.8, 4) is 11.6 Å². The van der Waals surface area contributed by atoms with E-state index in [2.05, 4.69) is 14.7 Å². The van der Waals surface area contributed by atoms with Gasteiger partial charge in [-0.1, -0.05) is 6.92 Å². The van der Waals surface area contributed by atoms with Crippen LogP contribution in [0.4, 0.5) is 5.13 Å². The van der Waals surface area contributed by atoms with Gasteiger partial charge in [-0.2, -0.15) is 9.36 Å². The van der Waals surface area contributed by atoms with Gasteiger partial charge in [0.25, 0.3) is 0 Å². The van der Waals surface area contributed by atoms with Crippen molar-refractivity contribution in [3.63, 3.8) is 0 Å². The molecule has 0 saturated carbocycles. The summed E-state index contributed by atoms with van der Waals surface area (Å²) in [6, 6.07) is 3.69. The minimum Gasteiger partial charge on any atom is -0.458 e. The summed E-state index contributed by atoms with van der Waals surface area (Å²) in [5.41, 5.74) is 0. The zero-order valence-corrected chi connectivity index (χ0v) is 13.5. The Bertz CT molecular complexity index is 646. The molecule has 1 amide bonds. The molecule has 0 bridgehead atoms. The zero-order valence-electron chi connectivity index (χ0n) is 12.7. The molecule has 22 heavy (non-hydrogen) atoms. The predicted molar refractivity (Wildman–Crippen MR) is 83.7 cm³/mol. The Balaban J connectivity index is 1.63. The Morgan fingerprint density at radius 2 is 2.18 bits per heavy atom. The summed E-state index contributed by atoms with van der Waals surface area (Å²) >= 11 is 1.17. The fraction of sp³-hybridized carbons (Fsp3) is 0.533. The maximum Gasteiger partial charge on any atom is 0.229 e. The Kier molecular flexibility index (Phi) is 4.54. The van der Waals surface area contributed by atoms with E-state index in [9.17, 15) is 4.79 Å². The summed E-state index contributed by atoms with van der Waals surface area (Å²) in [5, 5.41) is 3.37. The van der Waals surface area contributed by atoms with E-state index < -0.39 is 0 Å². The highest BCUT2D eigenvalue weighted by Gasteiger charge is 2.26. The summed E-state index contributed by atoms with van der Waals surface area (Å²) in [4.78, 5) is 16.6. The lowest BCUT2D eigenvalue weighted by Crippen LogP contribution is -2.30. The molecule has 6 nitrogen and oxygen atoms in total. The van der Waals surface area contributed by atoms with Gasteiger partial charge in [0, 0.05) is 30.7 Å².